The van der Waals surface area contributed by atoms with Crippen LogP contribution < -0.4 is 10.6 Å². The van der Waals surface area contributed by atoms with Gasteiger partial charge in [0.15, 0.2) is 5.69 Å². The molecular formula is C14H18N4O3. The van der Waals surface area contributed by atoms with E-state index in [1.807, 2.05) is 20.8 Å². The van der Waals surface area contributed by atoms with Crippen molar-refractivity contribution in [1.82, 2.24) is 15.1 Å². The molecule has 0 saturated heterocycles. The van der Waals surface area contributed by atoms with Crippen LogP contribution in [0.4, 0.5) is 10.5 Å². The third kappa shape index (κ3) is 3.13. The Kier molecular flexibility index (Phi) is 4.11. The van der Waals surface area contributed by atoms with E-state index in [0.29, 0.717) is 17.6 Å². The molecule has 1 aromatic heterocycles. The molecule has 0 radical (unpaired) electrons. The molecule has 21 heavy (non-hydrogen) atoms. The normalized spacial score (nSPS) is 10.9. The third-order valence-corrected chi connectivity index (χ3v) is 2.93. The van der Waals surface area contributed by atoms with Crippen LogP contribution in [0, 0.1) is 0 Å². The van der Waals surface area contributed by atoms with Crippen LogP contribution in [0.15, 0.2) is 18.2 Å². The summed E-state index contributed by atoms with van der Waals surface area (Å²) < 4.78 is 1.62. The summed E-state index contributed by atoms with van der Waals surface area (Å²) in [5.74, 6) is -1.09. The number of rotatable bonds is 4. The number of aromatic nitrogens is 2. The van der Waals surface area contributed by atoms with E-state index >= 15 is 0 Å². The molecule has 1 heterocycles. The van der Waals surface area contributed by atoms with Crippen LogP contribution in [0.5, 0.6) is 0 Å². The van der Waals surface area contributed by atoms with Gasteiger partial charge in [-0.3, -0.25) is 4.68 Å². The Morgan fingerprint density at radius 1 is 1.38 bits per heavy atom. The monoisotopic (exact) mass is 290 g/mol. The maximum Gasteiger partial charge on any atom is 0.357 e. The summed E-state index contributed by atoms with van der Waals surface area (Å²) in [6.07, 6.45) is 0. The molecule has 7 nitrogen and oxygen atoms in total. The number of benzene rings is 1. The molecule has 3 N–H and O–H groups in total. The van der Waals surface area contributed by atoms with Crippen molar-refractivity contribution in [3.8, 4) is 0 Å². The van der Waals surface area contributed by atoms with E-state index in [0.717, 1.165) is 5.52 Å². The van der Waals surface area contributed by atoms with Gasteiger partial charge in [-0.2, -0.15) is 5.10 Å². The Balaban J connectivity index is 2.38. The van der Waals surface area contributed by atoms with Gasteiger partial charge in [-0.15, -0.1) is 0 Å². The smallest absolute Gasteiger partial charge is 0.357 e. The molecule has 0 spiro atoms. The van der Waals surface area contributed by atoms with Crippen molar-refractivity contribution >= 4 is 28.6 Å². The quantitative estimate of drug-likeness (QED) is 0.804. The third-order valence-electron chi connectivity index (χ3n) is 2.93. The number of carbonyl (C=O) groups excluding carboxylic acids is 1. The molecule has 7 heteroatoms. The number of carbonyl (C=O) groups is 2. The Labute approximate surface area is 121 Å². The van der Waals surface area contributed by atoms with Crippen LogP contribution in [0.2, 0.25) is 0 Å². The number of amides is 2. The molecule has 0 saturated carbocycles. The molecule has 0 aliphatic carbocycles. The SMILES string of the molecule is CCn1nc(C(=O)O)c2cc(NC(=O)NC(C)C)ccc21. The second kappa shape index (κ2) is 5.82. The fourth-order valence-corrected chi connectivity index (χ4v) is 2.09. The van der Waals surface area contributed by atoms with Crippen molar-refractivity contribution < 1.29 is 14.7 Å². The summed E-state index contributed by atoms with van der Waals surface area (Å²) in [4.78, 5) is 22.9. The molecule has 2 amide bonds. The number of aryl methyl sites for hydroxylation is 1. The average Bonchev–Trinajstić information content (AvgIpc) is 2.75. The lowest BCUT2D eigenvalue weighted by atomic mass is 10.2. The first kappa shape index (κ1) is 14.8. The second-order valence-electron chi connectivity index (χ2n) is 4.95. The number of hydrogen-bond donors (Lipinski definition) is 3. The predicted octanol–water partition coefficient (Wildman–Crippen LogP) is 2.28. The minimum absolute atomic E-state index is 0.0141. The van der Waals surface area contributed by atoms with Crippen LogP contribution in [0.25, 0.3) is 10.9 Å². The van der Waals surface area contributed by atoms with Gasteiger partial charge in [-0.1, -0.05) is 0 Å². The van der Waals surface area contributed by atoms with Crippen molar-refractivity contribution in [1.29, 1.82) is 0 Å². The molecule has 0 atom stereocenters. The zero-order chi connectivity index (χ0) is 15.6. The molecule has 0 fully saturated rings. The molecular weight excluding hydrogens is 272 g/mol. The number of urea groups is 1. The number of hydrogen-bond acceptors (Lipinski definition) is 3. The zero-order valence-electron chi connectivity index (χ0n) is 12.2. The number of carboxylic acids is 1. The number of aromatic carboxylic acids is 1. The summed E-state index contributed by atoms with van der Waals surface area (Å²) in [6.45, 7) is 6.18. The van der Waals surface area contributed by atoms with Gasteiger partial charge in [0.25, 0.3) is 0 Å². The van der Waals surface area contributed by atoms with Crippen molar-refractivity contribution in [3.05, 3.63) is 23.9 Å². The largest absolute Gasteiger partial charge is 0.476 e. The highest BCUT2D eigenvalue weighted by Gasteiger charge is 2.16. The lowest BCUT2D eigenvalue weighted by Gasteiger charge is -2.10. The molecule has 112 valence electrons. The highest BCUT2D eigenvalue weighted by atomic mass is 16.4. The van der Waals surface area contributed by atoms with Crippen LogP contribution in [-0.4, -0.2) is 32.9 Å². The van der Waals surface area contributed by atoms with E-state index in [4.69, 9.17) is 0 Å². The number of nitrogens with one attached hydrogen (secondary N) is 2. The maximum atomic E-state index is 11.7. The van der Waals surface area contributed by atoms with E-state index in [9.17, 15) is 14.7 Å². The van der Waals surface area contributed by atoms with E-state index in [1.165, 1.54) is 0 Å². The fraction of sp³-hybridized carbons (Fsp3) is 0.357. The van der Waals surface area contributed by atoms with E-state index < -0.39 is 5.97 Å². The Bertz CT molecular complexity index is 691. The van der Waals surface area contributed by atoms with E-state index in [2.05, 4.69) is 15.7 Å². The van der Waals surface area contributed by atoms with Crippen LogP contribution in [0.1, 0.15) is 31.3 Å². The Hall–Kier alpha value is -2.57. The van der Waals surface area contributed by atoms with Gasteiger partial charge >= 0.3 is 12.0 Å². The van der Waals surface area contributed by atoms with Gasteiger partial charge in [0.1, 0.15) is 0 Å². The molecule has 1 aromatic carbocycles. The Morgan fingerprint density at radius 3 is 2.67 bits per heavy atom. The van der Waals surface area contributed by atoms with E-state index in [-0.39, 0.29) is 17.8 Å². The van der Waals surface area contributed by atoms with Gasteiger partial charge in [0, 0.05) is 23.7 Å². The summed E-state index contributed by atoms with van der Waals surface area (Å²) in [5, 5.41) is 19.2. The summed E-state index contributed by atoms with van der Waals surface area (Å²) in [7, 11) is 0. The molecule has 2 aromatic rings. The first-order valence-corrected chi connectivity index (χ1v) is 6.73. The minimum Gasteiger partial charge on any atom is -0.476 e. The zero-order valence-corrected chi connectivity index (χ0v) is 12.2. The first-order chi connectivity index (χ1) is 9.92. The van der Waals surface area contributed by atoms with Crippen molar-refractivity contribution in [2.75, 3.05) is 5.32 Å². The molecule has 0 bridgehead atoms. The second-order valence-corrected chi connectivity index (χ2v) is 4.95. The molecule has 2 rings (SSSR count). The van der Waals surface area contributed by atoms with Crippen LogP contribution in [-0.2, 0) is 6.54 Å². The number of nitrogens with zero attached hydrogens (tertiary/aromatic N) is 2. The molecule has 0 aliphatic rings. The standard InChI is InChI=1S/C14H18N4O3/c1-4-18-11-6-5-9(16-14(21)15-8(2)3)7-10(11)12(17-18)13(19)20/h5-8H,4H2,1-3H3,(H,19,20)(H2,15,16,21). The Morgan fingerprint density at radius 2 is 2.10 bits per heavy atom. The number of carboxylic acid groups (broad SMARTS) is 1. The summed E-state index contributed by atoms with van der Waals surface area (Å²) in [6, 6.07) is 4.79. The average molecular weight is 290 g/mol. The van der Waals surface area contributed by atoms with Crippen LogP contribution in [0.3, 0.4) is 0 Å². The van der Waals surface area contributed by atoms with Crippen molar-refractivity contribution in [2.45, 2.75) is 33.4 Å². The van der Waals surface area contributed by atoms with Crippen molar-refractivity contribution in [3.63, 3.8) is 0 Å². The van der Waals surface area contributed by atoms with E-state index in [1.54, 1.807) is 22.9 Å². The molecule has 0 aliphatic heterocycles. The van der Waals surface area contributed by atoms with Gasteiger partial charge in [0.2, 0.25) is 0 Å². The fourth-order valence-electron chi connectivity index (χ4n) is 2.09. The van der Waals surface area contributed by atoms with Gasteiger partial charge in [0.05, 0.1) is 5.52 Å². The van der Waals surface area contributed by atoms with Gasteiger partial charge < -0.3 is 15.7 Å². The highest BCUT2D eigenvalue weighted by Crippen LogP contribution is 2.23. The highest BCUT2D eigenvalue weighted by molar-refractivity contribution is 6.03. The maximum absolute atomic E-state index is 11.7. The lowest BCUT2D eigenvalue weighted by Crippen LogP contribution is -2.34. The van der Waals surface area contributed by atoms with Crippen molar-refractivity contribution in [2.24, 2.45) is 0 Å². The molecule has 0 unspecified atom stereocenters. The number of fused-ring (bicyclic) bond motifs is 1. The lowest BCUT2D eigenvalue weighted by molar-refractivity contribution is 0.0691. The first-order valence-electron chi connectivity index (χ1n) is 6.73. The summed E-state index contributed by atoms with van der Waals surface area (Å²) >= 11 is 0. The summed E-state index contributed by atoms with van der Waals surface area (Å²) in [5.41, 5.74) is 1.24. The van der Waals surface area contributed by atoms with Gasteiger partial charge in [-0.25, -0.2) is 9.59 Å². The van der Waals surface area contributed by atoms with Crippen LogP contribution >= 0.6 is 0 Å². The van der Waals surface area contributed by atoms with Gasteiger partial charge in [-0.05, 0) is 39.0 Å². The number of anilines is 1. The predicted molar refractivity (Wildman–Crippen MR) is 79.7 cm³/mol. The topological polar surface area (TPSA) is 96.2 Å². The minimum atomic E-state index is -1.09.